The molecule has 0 bridgehead atoms. The van der Waals surface area contributed by atoms with Gasteiger partial charge in [0.15, 0.2) is 0 Å². The second kappa shape index (κ2) is 8.37. The van der Waals surface area contributed by atoms with Crippen LogP contribution >= 0.6 is 0 Å². The molecule has 1 unspecified atom stereocenters. The van der Waals surface area contributed by atoms with E-state index in [1.54, 1.807) is 7.11 Å². The molecule has 0 aromatic heterocycles. The molecular formula is C17H28N2O2. The standard InChI is InChI=1S/C17H28N2O2/c1-18-17(15-4-6-16(20-3)7-5-15)13-19(2)12-14-8-10-21-11-9-14/h4-7,14,17-18H,8-13H2,1-3H3. The minimum Gasteiger partial charge on any atom is -0.497 e. The van der Waals surface area contributed by atoms with E-state index in [4.69, 9.17) is 9.47 Å². The minimum atomic E-state index is 0.348. The number of methoxy groups -OCH3 is 1. The molecular weight excluding hydrogens is 264 g/mol. The van der Waals surface area contributed by atoms with Crippen LogP contribution < -0.4 is 10.1 Å². The van der Waals surface area contributed by atoms with E-state index in [0.717, 1.165) is 38.0 Å². The van der Waals surface area contributed by atoms with Crippen LogP contribution in [0, 0.1) is 5.92 Å². The predicted molar refractivity (Wildman–Crippen MR) is 85.8 cm³/mol. The average molecular weight is 292 g/mol. The van der Waals surface area contributed by atoms with Gasteiger partial charge in [0.25, 0.3) is 0 Å². The fraction of sp³-hybridized carbons (Fsp3) is 0.647. The highest BCUT2D eigenvalue weighted by molar-refractivity contribution is 5.29. The lowest BCUT2D eigenvalue weighted by molar-refractivity contribution is 0.0548. The molecule has 1 aromatic carbocycles. The van der Waals surface area contributed by atoms with Gasteiger partial charge in [-0.15, -0.1) is 0 Å². The minimum absolute atomic E-state index is 0.348. The van der Waals surface area contributed by atoms with Crippen molar-refractivity contribution in [3.8, 4) is 5.75 Å². The molecule has 0 amide bonds. The lowest BCUT2D eigenvalue weighted by atomic mass is 9.99. The Morgan fingerprint density at radius 1 is 1.29 bits per heavy atom. The quantitative estimate of drug-likeness (QED) is 0.836. The number of rotatable bonds is 7. The van der Waals surface area contributed by atoms with Gasteiger partial charge in [-0.3, -0.25) is 0 Å². The van der Waals surface area contributed by atoms with Crippen molar-refractivity contribution in [1.29, 1.82) is 0 Å². The fourth-order valence-corrected chi connectivity index (χ4v) is 2.96. The third-order valence-electron chi connectivity index (χ3n) is 4.27. The molecule has 1 fully saturated rings. The zero-order chi connectivity index (χ0) is 15.1. The molecule has 1 aliphatic heterocycles. The van der Waals surface area contributed by atoms with Gasteiger partial charge in [0, 0.05) is 32.3 Å². The summed E-state index contributed by atoms with van der Waals surface area (Å²) in [4.78, 5) is 2.43. The molecule has 0 saturated carbocycles. The van der Waals surface area contributed by atoms with Gasteiger partial charge in [-0.1, -0.05) is 12.1 Å². The number of hydrogen-bond donors (Lipinski definition) is 1. The first-order chi connectivity index (χ1) is 10.2. The molecule has 1 saturated heterocycles. The second-order valence-corrected chi connectivity index (χ2v) is 5.89. The van der Waals surface area contributed by atoms with E-state index in [0.29, 0.717) is 6.04 Å². The van der Waals surface area contributed by atoms with Crippen molar-refractivity contribution in [3.63, 3.8) is 0 Å². The summed E-state index contributed by atoms with van der Waals surface area (Å²) in [6.45, 7) is 4.01. The van der Waals surface area contributed by atoms with Crippen molar-refractivity contribution in [2.24, 2.45) is 5.92 Å². The number of benzene rings is 1. The molecule has 4 nitrogen and oxygen atoms in total. The first-order valence-corrected chi connectivity index (χ1v) is 7.80. The maximum Gasteiger partial charge on any atom is 0.118 e. The zero-order valence-corrected chi connectivity index (χ0v) is 13.5. The van der Waals surface area contributed by atoms with E-state index < -0.39 is 0 Å². The van der Waals surface area contributed by atoms with Gasteiger partial charge in [0.2, 0.25) is 0 Å². The summed E-state index contributed by atoms with van der Waals surface area (Å²) in [5.41, 5.74) is 1.30. The topological polar surface area (TPSA) is 33.7 Å². The molecule has 118 valence electrons. The van der Waals surface area contributed by atoms with Gasteiger partial charge in [-0.05, 0) is 50.6 Å². The van der Waals surface area contributed by atoms with Crippen LogP contribution in [0.4, 0.5) is 0 Å². The Hall–Kier alpha value is -1.10. The monoisotopic (exact) mass is 292 g/mol. The molecule has 21 heavy (non-hydrogen) atoms. The number of ether oxygens (including phenoxy) is 2. The summed E-state index contributed by atoms with van der Waals surface area (Å²) in [7, 11) is 5.94. The van der Waals surface area contributed by atoms with Crippen molar-refractivity contribution in [3.05, 3.63) is 29.8 Å². The van der Waals surface area contributed by atoms with Crippen LogP contribution in [0.15, 0.2) is 24.3 Å². The normalized spacial score (nSPS) is 17.9. The lowest BCUT2D eigenvalue weighted by Gasteiger charge is -2.29. The van der Waals surface area contributed by atoms with E-state index in [1.807, 2.05) is 19.2 Å². The number of likely N-dealkylation sites (N-methyl/N-ethyl adjacent to an activating group) is 2. The highest BCUT2D eigenvalue weighted by atomic mass is 16.5. The molecule has 0 aliphatic carbocycles. The van der Waals surface area contributed by atoms with Crippen LogP contribution in [0.25, 0.3) is 0 Å². The Labute approximate surface area is 128 Å². The number of nitrogens with one attached hydrogen (secondary N) is 1. The van der Waals surface area contributed by atoms with Crippen LogP contribution in [-0.2, 0) is 4.74 Å². The summed E-state index contributed by atoms with van der Waals surface area (Å²) in [5, 5.41) is 3.42. The summed E-state index contributed by atoms with van der Waals surface area (Å²) < 4.78 is 10.7. The van der Waals surface area contributed by atoms with Crippen molar-refractivity contribution >= 4 is 0 Å². The Morgan fingerprint density at radius 2 is 1.95 bits per heavy atom. The molecule has 1 atom stereocenters. The highest BCUT2D eigenvalue weighted by Crippen LogP contribution is 2.20. The van der Waals surface area contributed by atoms with Gasteiger partial charge in [0.1, 0.15) is 5.75 Å². The predicted octanol–water partition coefficient (Wildman–Crippen LogP) is 2.31. The van der Waals surface area contributed by atoms with Crippen LogP contribution in [0.3, 0.4) is 0 Å². The molecule has 1 aliphatic rings. The van der Waals surface area contributed by atoms with Crippen molar-refractivity contribution in [1.82, 2.24) is 10.2 Å². The fourth-order valence-electron chi connectivity index (χ4n) is 2.96. The molecule has 1 aromatic rings. The molecule has 0 spiro atoms. The van der Waals surface area contributed by atoms with E-state index in [9.17, 15) is 0 Å². The van der Waals surface area contributed by atoms with Crippen LogP contribution in [0.1, 0.15) is 24.4 Å². The van der Waals surface area contributed by atoms with Crippen LogP contribution in [-0.4, -0.2) is 52.4 Å². The van der Waals surface area contributed by atoms with Gasteiger partial charge in [-0.25, -0.2) is 0 Å². The highest BCUT2D eigenvalue weighted by Gasteiger charge is 2.18. The lowest BCUT2D eigenvalue weighted by Crippen LogP contribution is -2.35. The van der Waals surface area contributed by atoms with Crippen LogP contribution in [0.5, 0.6) is 5.75 Å². The Morgan fingerprint density at radius 3 is 2.52 bits per heavy atom. The summed E-state index contributed by atoms with van der Waals surface area (Å²) >= 11 is 0. The maximum absolute atomic E-state index is 5.43. The average Bonchev–Trinajstić information content (AvgIpc) is 2.53. The number of hydrogen-bond acceptors (Lipinski definition) is 4. The first kappa shape index (κ1) is 16.3. The zero-order valence-electron chi connectivity index (χ0n) is 13.5. The molecule has 4 heteroatoms. The Kier molecular flexibility index (Phi) is 6.49. The molecule has 1 heterocycles. The summed E-state index contributed by atoms with van der Waals surface area (Å²) in [5.74, 6) is 1.68. The van der Waals surface area contributed by atoms with E-state index in [-0.39, 0.29) is 0 Å². The number of nitrogens with zero attached hydrogens (tertiary/aromatic N) is 1. The SMILES string of the molecule is CNC(CN(C)CC1CCOCC1)c1ccc(OC)cc1. The van der Waals surface area contributed by atoms with E-state index in [2.05, 4.69) is 29.4 Å². The van der Waals surface area contributed by atoms with Gasteiger partial charge < -0.3 is 19.7 Å². The van der Waals surface area contributed by atoms with E-state index >= 15 is 0 Å². The van der Waals surface area contributed by atoms with Crippen molar-refractivity contribution in [2.45, 2.75) is 18.9 Å². The van der Waals surface area contributed by atoms with Crippen molar-refractivity contribution in [2.75, 3.05) is 47.5 Å². The summed E-state index contributed by atoms with van der Waals surface area (Å²) in [6, 6.07) is 8.68. The van der Waals surface area contributed by atoms with Gasteiger partial charge in [-0.2, -0.15) is 0 Å². The second-order valence-electron chi connectivity index (χ2n) is 5.89. The van der Waals surface area contributed by atoms with E-state index in [1.165, 1.54) is 18.4 Å². The first-order valence-electron chi connectivity index (χ1n) is 7.80. The Bertz CT molecular complexity index is 402. The third-order valence-corrected chi connectivity index (χ3v) is 4.27. The maximum atomic E-state index is 5.43. The molecule has 0 radical (unpaired) electrons. The molecule has 1 N–H and O–H groups in total. The van der Waals surface area contributed by atoms with Gasteiger partial charge >= 0.3 is 0 Å². The largest absolute Gasteiger partial charge is 0.497 e. The third kappa shape index (κ3) is 4.99. The smallest absolute Gasteiger partial charge is 0.118 e. The van der Waals surface area contributed by atoms with Crippen molar-refractivity contribution < 1.29 is 9.47 Å². The van der Waals surface area contributed by atoms with Gasteiger partial charge in [0.05, 0.1) is 7.11 Å². The summed E-state index contributed by atoms with van der Waals surface area (Å²) in [6.07, 6.45) is 2.38. The molecule has 2 rings (SSSR count). The van der Waals surface area contributed by atoms with Crippen LogP contribution in [0.2, 0.25) is 0 Å². The Balaban J connectivity index is 1.87.